The molecule has 172 valence electrons. The van der Waals surface area contributed by atoms with Gasteiger partial charge in [-0.15, -0.1) is 0 Å². The van der Waals surface area contributed by atoms with Crippen molar-refractivity contribution in [1.82, 2.24) is 0 Å². The van der Waals surface area contributed by atoms with Gasteiger partial charge in [0.25, 0.3) is 6.23 Å². The Morgan fingerprint density at radius 1 is 1.26 bits per heavy atom. The second-order valence-corrected chi connectivity index (χ2v) is 7.93. The number of phosphoric ester groups is 1. The minimum atomic E-state index is -4.82. The third kappa shape index (κ3) is 7.12. The average Bonchev–Trinajstić information content (AvgIpc) is 2.98. The van der Waals surface area contributed by atoms with Crippen LogP contribution < -0.4 is 16.0 Å². The molecule has 1 aliphatic heterocycles. The van der Waals surface area contributed by atoms with Gasteiger partial charge in [0.2, 0.25) is 5.91 Å². The van der Waals surface area contributed by atoms with Crippen LogP contribution in [0.5, 0.6) is 0 Å². The molecule has 0 saturated carbocycles. The summed E-state index contributed by atoms with van der Waals surface area (Å²) in [4.78, 5) is 52.3. The molecule has 8 N–H and O–H groups in total. The van der Waals surface area contributed by atoms with Crippen LogP contribution in [0.3, 0.4) is 0 Å². The normalized spacial score (nSPS) is 24.5. The number of carbonyl (C=O) groups excluding carboxylic acids is 3. The number of carbonyl (C=O) groups is 3. The Hall–Kier alpha value is -2.29. The van der Waals surface area contributed by atoms with Crippen LogP contribution in [0.2, 0.25) is 0 Å². The number of aromatic nitrogens is 1. The van der Waals surface area contributed by atoms with Gasteiger partial charge in [0, 0.05) is 12.5 Å². The summed E-state index contributed by atoms with van der Waals surface area (Å²) in [6, 6.07) is 1.43. The van der Waals surface area contributed by atoms with E-state index in [0.29, 0.717) is 0 Å². The highest BCUT2D eigenvalue weighted by Gasteiger charge is 2.49. The van der Waals surface area contributed by atoms with E-state index >= 15 is 0 Å². The van der Waals surface area contributed by atoms with Gasteiger partial charge < -0.3 is 40.9 Å². The van der Waals surface area contributed by atoms with E-state index in [0.717, 1.165) is 6.20 Å². The fraction of sp³-hybridized carbons (Fsp3) is 0.500. The fourth-order valence-corrected chi connectivity index (χ4v) is 3.04. The van der Waals surface area contributed by atoms with Gasteiger partial charge in [-0.3, -0.25) is 9.32 Å². The molecule has 1 amide bonds. The first-order valence-electron chi connectivity index (χ1n) is 8.91. The van der Waals surface area contributed by atoms with Gasteiger partial charge in [0.15, 0.2) is 18.5 Å². The predicted octanol–water partition coefficient (Wildman–Crippen LogP) is -3.02. The molecule has 0 spiro atoms. The van der Waals surface area contributed by atoms with Crippen molar-refractivity contribution in [2.75, 3.05) is 6.61 Å². The standard InChI is InChI=1S/C16H22N3O11P/c17-9(3-4-11(18)20)16(24)30-15(23)8-2-1-5-19(6-8)14-13(22)12(21)10(29-14)7-28-31(25,26)27/h1-2,5-6,9-10,12-14,21-22H,3-4,7,17H2,(H3-,18,20,25,26,27)/p+1/t9-,10+,12+,13+,14+/m0/s1. The van der Waals surface area contributed by atoms with Gasteiger partial charge in [0.05, 0.1) is 6.61 Å². The van der Waals surface area contributed by atoms with Gasteiger partial charge in [-0.1, -0.05) is 0 Å². The van der Waals surface area contributed by atoms with Crippen LogP contribution in [0.25, 0.3) is 0 Å². The SMILES string of the molecule is NC(=O)CC[C@H](N)C(=O)OC(=O)c1ccc[n+]([C@@H]2O[C@H](COP(=O)(O)O)[C@@H](O)[C@H]2O)c1. The van der Waals surface area contributed by atoms with Crippen LogP contribution in [-0.4, -0.2) is 68.8 Å². The van der Waals surface area contributed by atoms with E-state index < -0.39 is 62.9 Å². The number of rotatable bonds is 9. The minimum absolute atomic E-state index is 0.103. The van der Waals surface area contributed by atoms with Crippen LogP contribution in [0.1, 0.15) is 29.4 Å². The number of esters is 2. The molecule has 14 nitrogen and oxygen atoms in total. The number of phosphoric acid groups is 1. The summed E-state index contributed by atoms with van der Waals surface area (Å²) < 4.78 is 26.3. The zero-order valence-corrected chi connectivity index (χ0v) is 16.9. The summed E-state index contributed by atoms with van der Waals surface area (Å²) in [5.41, 5.74) is 10.4. The quantitative estimate of drug-likeness (QED) is 0.0927. The lowest BCUT2D eigenvalue weighted by atomic mass is 10.1. The number of hydrogen-bond acceptors (Lipinski definition) is 10. The molecule has 2 heterocycles. The lowest BCUT2D eigenvalue weighted by Gasteiger charge is -2.13. The Kier molecular flexibility index (Phi) is 8.34. The van der Waals surface area contributed by atoms with Crippen molar-refractivity contribution >= 4 is 25.7 Å². The van der Waals surface area contributed by atoms with Crippen LogP contribution in [0, 0.1) is 0 Å². The highest BCUT2D eigenvalue weighted by molar-refractivity contribution is 7.46. The highest BCUT2D eigenvalue weighted by atomic mass is 31.2. The zero-order chi connectivity index (χ0) is 23.3. The Labute approximate surface area is 175 Å². The average molecular weight is 464 g/mol. The number of nitrogens with zero attached hydrogens (tertiary/aromatic N) is 1. The van der Waals surface area contributed by atoms with Gasteiger partial charge in [-0.25, -0.2) is 14.2 Å². The predicted molar refractivity (Wildman–Crippen MR) is 97.4 cm³/mol. The summed E-state index contributed by atoms with van der Waals surface area (Å²) in [5, 5.41) is 20.2. The fourth-order valence-electron chi connectivity index (χ4n) is 2.70. The molecule has 0 unspecified atom stereocenters. The molecule has 5 atom stereocenters. The molecule has 0 bridgehead atoms. The first kappa shape index (κ1) is 25.0. The number of amides is 1. The van der Waals surface area contributed by atoms with Gasteiger partial charge in [-0.05, 0) is 12.5 Å². The molecule has 1 aliphatic rings. The Bertz CT molecular complexity index is 876. The molecule has 15 heteroatoms. The van der Waals surface area contributed by atoms with Crippen molar-refractivity contribution < 1.29 is 57.5 Å². The maximum atomic E-state index is 12.2. The largest absolute Gasteiger partial charge is 0.469 e. The number of nitrogens with two attached hydrogens (primary N) is 2. The second-order valence-electron chi connectivity index (χ2n) is 6.69. The smallest absolute Gasteiger partial charge is 0.388 e. The lowest BCUT2D eigenvalue weighted by Crippen LogP contribution is -2.46. The van der Waals surface area contributed by atoms with E-state index in [9.17, 15) is 29.2 Å². The Balaban J connectivity index is 2.05. The first-order chi connectivity index (χ1) is 14.4. The number of pyridine rings is 1. The van der Waals surface area contributed by atoms with Crippen molar-refractivity contribution in [1.29, 1.82) is 0 Å². The summed E-state index contributed by atoms with van der Waals surface area (Å²) >= 11 is 0. The number of aliphatic hydroxyl groups excluding tert-OH is 2. The molecule has 1 aromatic rings. The van der Waals surface area contributed by atoms with Gasteiger partial charge >= 0.3 is 19.8 Å². The molecule has 0 aliphatic carbocycles. The number of ether oxygens (including phenoxy) is 2. The number of primary amides is 1. The van der Waals surface area contributed by atoms with Crippen molar-refractivity contribution in [2.45, 2.75) is 43.4 Å². The zero-order valence-electron chi connectivity index (χ0n) is 16.0. The monoisotopic (exact) mass is 464 g/mol. The van der Waals surface area contributed by atoms with E-state index in [1.165, 1.54) is 22.9 Å². The maximum absolute atomic E-state index is 12.2. The van der Waals surface area contributed by atoms with E-state index in [-0.39, 0.29) is 18.4 Å². The molecular formula is C16H23N3O11P+. The summed E-state index contributed by atoms with van der Waals surface area (Å²) in [7, 11) is -4.82. The van der Waals surface area contributed by atoms with Crippen molar-refractivity contribution in [3.63, 3.8) is 0 Å². The molecule has 31 heavy (non-hydrogen) atoms. The highest BCUT2D eigenvalue weighted by Crippen LogP contribution is 2.37. The van der Waals surface area contributed by atoms with E-state index in [2.05, 4.69) is 9.26 Å². The number of hydrogen-bond donors (Lipinski definition) is 6. The van der Waals surface area contributed by atoms with Gasteiger partial charge in [-0.2, -0.15) is 4.57 Å². The van der Waals surface area contributed by atoms with E-state index in [1.807, 2.05) is 0 Å². The third-order valence-electron chi connectivity index (χ3n) is 4.29. The Morgan fingerprint density at radius 2 is 1.94 bits per heavy atom. The van der Waals surface area contributed by atoms with Gasteiger partial charge in [0.1, 0.15) is 23.8 Å². The van der Waals surface area contributed by atoms with Crippen molar-refractivity contribution in [3.05, 3.63) is 30.1 Å². The maximum Gasteiger partial charge on any atom is 0.469 e. The Morgan fingerprint density at radius 3 is 2.55 bits per heavy atom. The number of aliphatic hydroxyl groups is 2. The molecule has 1 saturated heterocycles. The summed E-state index contributed by atoms with van der Waals surface area (Å²) in [5.74, 6) is -2.80. The van der Waals surface area contributed by atoms with Crippen molar-refractivity contribution in [3.8, 4) is 0 Å². The molecular weight excluding hydrogens is 441 g/mol. The van der Waals surface area contributed by atoms with Crippen LogP contribution in [0.4, 0.5) is 0 Å². The van der Waals surface area contributed by atoms with E-state index in [4.69, 9.17) is 26.0 Å². The first-order valence-corrected chi connectivity index (χ1v) is 10.4. The van der Waals surface area contributed by atoms with Crippen LogP contribution >= 0.6 is 7.82 Å². The van der Waals surface area contributed by atoms with Crippen molar-refractivity contribution in [2.24, 2.45) is 11.5 Å². The summed E-state index contributed by atoms with van der Waals surface area (Å²) in [6.45, 7) is -0.695. The van der Waals surface area contributed by atoms with Crippen LogP contribution in [-0.2, 0) is 28.2 Å². The third-order valence-corrected chi connectivity index (χ3v) is 4.78. The molecule has 1 fully saturated rings. The second kappa shape index (κ2) is 10.3. The molecule has 0 aromatic carbocycles. The minimum Gasteiger partial charge on any atom is -0.388 e. The van der Waals surface area contributed by atoms with E-state index in [1.54, 1.807) is 0 Å². The lowest BCUT2D eigenvalue weighted by molar-refractivity contribution is -0.765. The molecule has 1 aromatic heterocycles. The molecule has 0 radical (unpaired) electrons. The molecule has 2 rings (SSSR count). The topological polar surface area (TPSA) is 233 Å². The van der Waals surface area contributed by atoms with Crippen LogP contribution in [0.15, 0.2) is 24.5 Å². The summed E-state index contributed by atoms with van der Waals surface area (Å²) in [6.07, 6.45) is -3.28.